The van der Waals surface area contributed by atoms with Gasteiger partial charge in [0.2, 0.25) is 0 Å². The quantitative estimate of drug-likeness (QED) is 0.763. The van der Waals surface area contributed by atoms with Gasteiger partial charge in [0.25, 0.3) is 0 Å². The monoisotopic (exact) mass is 230 g/mol. The third kappa shape index (κ3) is 3.29. The summed E-state index contributed by atoms with van der Waals surface area (Å²) in [5.74, 6) is 0.769. The van der Waals surface area contributed by atoms with Gasteiger partial charge in [-0.15, -0.1) is 0 Å². The summed E-state index contributed by atoms with van der Waals surface area (Å²) in [4.78, 5) is 0. The van der Waals surface area contributed by atoms with Crippen molar-refractivity contribution < 1.29 is 4.74 Å². The molecule has 17 heavy (non-hydrogen) atoms. The zero-order valence-electron chi connectivity index (χ0n) is 10.1. The standard InChI is InChI=1S/C14H18N2O/c1-17-9-8-16-14(10-15)13-6-4-12(5-7-13)11-2-3-11/h4-7,11,14,16H,2-3,8-9H2,1H3. The largest absolute Gasteiger partial charge is 0.383 e. The molecule has 0 heterocycles. The van der Waals surface area contributed by atoms with E-state index in [0.29, 0.717) is 13.2 Å². The third-order valence-corrected chi connectivity index (χ3v) is 3.10. The first kappa shape index (κ1) is 12.1. The molecule has 2 rings (SSSR count). The van der Waals surface area contributed by atoms with Gasteiger partial charge in [0, 0.05) is 13.7 Å². The van der Waals surface area contributed by atoms with Crippen LogP contribution in [-0.2, 0) is 4.74 Å². The molecule has 0 spiro atoms. The lowest BCUT2D eigenvalue weighted by molar-refractivity contribution is 0.198. The Morgan fingerprint density at radius 3 is 2.65 bits per heavy atom. The van der Waals surface area contributed by atoms with Crippen molar-refractivity contribution in [1.29, 1.82) is 5.26 Å². The van der Waals surface area contributed by atoms with Crippen molar-refractivity contribution in [1.82, 2.24) is 5.32 Å². The summed E-state index contributed by atoms with van der Waals surface area (Å²) in [5, 5.41) is 12.3. The highest BCUT2D eigenvalue weighted by molar-refractivity contribution is 5.31. The number of nitrogens with one attached hydrogen (secondary N) is 1. The lowest BCUT2D eigenvalue weighted by Gasteiger charge is -2.12. The van der Waals surface area contributed by atoms with Gasteiger partial charge in [-0.3, -0.25) is 5.32 Å². The molecule has 0 saturated heterocycles. The zero-order chi connectivity index (χ0) is 12.1. The maximum absolute atomic E-state index is 9.12. The smallest absolute Gasteiger partial charge is 0.121 e. The topological polar surface area (TPSA) is 45.0 Å². The number of benzene rings is 1. The third-order valence-electron chi connectivity index (χ3n) is 3.10. The molecule has 0 amide bonds. The van der Waals surface area contributed by atoms with Crippen molar-refractivity contribution in [3.63, 3.8) is 0 Å². The summed E-state index contributed by atoms with van der Waals surface area (Å²) in [5.41, 5.74) is 2.44. The van der Waals surface area contributed by atoms with Crippen LogP contribution in [0.5, 0.6) is 0 Å². The second-order valence-corrected chi connectivity index (χ2v) is 4.45. The van der Waals surface area contributed by atoms with Crippen LogP contribution in [0, 0.1) is 11.3 Å². The first-order valence-electron chi connectivity index (χ1n) is 6.07. The van der Waals surface area contributed by atoms with Gasteiger partial charge in [-0.05, 0) is 29.9 Å². The molecular formula is C14H18N2O. The molecule has 0 aliphatic heterocycles. The van der Waals surface area contributed by atoms with E-state index in [0.717, 1.165) is 11.5 Å². The highest BCUT2D eigenvalue weighted by atomic mass is 16.5. The maximum atomic E-state index is 9.12. The molecule has 3 heteroatoms. The van der Waals surface area contributed by atoms with Gasteiger partial charge in [-0.2, -0.15) is 5.26 Å². The van der Waals surface area contributed by atoms with E-state index in [1.54, 1.807) is 7.11 Å². The summed E-state index contributed by atoms with van der Waals surface area (Å²) in [6.07, 6.45) is 2.63. The maximum Gasteiger partial charge on any atom is 0.121 e. The van der Waals surface area contributed by atoms with Crippen LogP contribution in [0.25, 0.3) is 0 Å². The fraction of sp³-hybridized carbons (Fsp3) is 0.500. The van der Waals surface area contributed by atoms with E-state index in [-0.39, 0.29) is 6.04 Å². The van der Waals surface area contributed by atoms with Crippen LogP contribution in [0.15, 0.2) is 24.3 Å². The number of ether oxygens (including phenoxy) is 1. The summed E-state index contributed by atoms with van der Waals surface area (Å²) in [6, 6.07) is 10.4. The average molecular weight is 230 g/mol. The van der Waals surface area contributed by atoms with Crippen molar-refractivity contribution in [3.05, 3.63) is 35.4 Å². The Morgan fingerprint density at radius 2 is 2.12 bits per heavy atom. The molecule has 3 nitrogen and oxygen atoms in total. The zero-order valence-corrected chi connectivity index (χ0v) is 10.1. The fourth-order valence-corrected chi connectivity index (χ4v) is 1.92. The number of hydrogen-bond donors (Lipinski definition) is 1. The van der Waals surface area contributed by atoms with Gasteiger partial charge in [0.05, 0.1) is 12.7 Å². The number of nitriles is 1. The molecular weight excluding hydrogens is 212 g/mol. The van der Waals surface area contributed by atoms with Gasteiger partial charge < -0.3 is 4.74 Å². The Balaban J connectivity index is 1.96. The molecule has 1 unspecified atom stereocenters. The lowest BCUT2D eigenvalue weighted by atomic mass is 10.0. The molecule has 1 aliphatic carbocycles. The predicted octanol–water partition coefficient (Wildman–Crippen LogP) is 2.36. The van der Waals surface area contributed by atoms with Crippen LogP contribution in [0.4, 0.5) is 0 Å². The summed E-state index contributed by atoms with van der Waals surface area (Å²) < 4.78 is 4.96. The molecule has 0 bridgehead atoms. The van der Waals surface area contributed by atoms with Gasteiger partial charge >= 0.3 is 0 Å². The number of rotatable bonds is 6. The van der Waals surface area contributed by atoms with Crippen LogP contribution in [0.2, 0.25) is 0 Å². The molecule has 1 N–H and O–H groups in total. The Kier molecular flexibility index (Phi) is 4.13. The highest BCUT2D eigenvalue weighted by Crippen LogP contribution is 2.40. The summed E-state index contributed by atoms with van der Waals surface area (Å²) in [7, 11) is 1.66. The van der Waals surface area contributed by atoms with Crippen LogP contribution in [0.1, 0.15) is 35.9 Å². The van der Waals surface area contributed by atoms with Crippen molar-refractivity contribution in [3.8, 4) is 6.07 Å². The van der Waals surface area contributed by atoms with Crippen molar-refractivity contribution in [2.75, 3.05) is 20.3 Å². The molecule has 1 fully saturated rings. The first-order valence-corrected chi connectivity index (χ1v) is 6.07. The minimum atomic E-state index is -0.238. The first-order chi connectivity index (χ1) is 8.35. The van der Waals surface area contributed by atoms with Crippen molar-refractivity contribution in [2.24, 2.45) is 0 Å². The predicted molar refractivity (Wildman–Crippen MR) is 66.6 cm³/mol. The number of nitrogens with zero attached hydrogens (tertiary/aromatic N) is 1. The van der Waals surface area contributed by atoms with E-state index in [9.17, 15) is 0 Å². The van der Waals surface area contributed by atoms with E-state index < -0.39 is 0 Å². The van der Waals surface area contributed by atoms with E-state index >= 15 is 0 Å². The van der Waals surface area contributed by atoms with Gasteiger partial charge in [-0.25, -0.2) is 0 Å². The molecule has 1 atom stereocenters. The molecule has 1 aromatic carbocycles. The average Bonchev–Trinajstić information content (AvgIpc) is 3.19. The Morgan fingerprint density at radius 1 is 1.41 bits per heavy atom. The normalized spacial score (nSPS) is 16.5. The van der Waals surface area contributed by atoms with Crippen LogP contribution >= 0.6 is 0 Å². The molecule has 1 aromatic rings. The van der Waals surface area contributed by atoms with Gasteiger partial charge in [0.15, 0.2) is 0 Å². The van der Waals surface area contributed by atoms with Gasteiger partial charge in [0.1, 0.15) is 6.04 Å². The van der Waals surface area contributed by atoms with Crippen LogP contribution in [-0.4, -0.2) is 20.3 Å². The van der Waals surface area contributed by atoms with Gasteiger partial charge in [-0.1, -0.05) is 24.3 Å². The van der Waals surface area contributed by atoms with Crippen LogP contribution in [0.3, 0.4) is 0 Å². The van der Waals surface area contributed by atoms with E-state index in [2.05, 4.69) is 35.7 Å². The van der Waals surface area contributed by atoms with E-state index in [1.165, 1.54) is 18.4 Å². The minimum Gasteiger partial charge on any atom is -0.383 e. The second-order valence-electron chi connectivity index (χ2n) is 4.45. The SMILES string of the molecule is COCCNC(C#N)c1ccc(C2CC2)cc1. The molecule has 1 aliphatic rings. The number of methoxy groups -OCH3 is 1. The number of hydrogen-bond acceptors (Lipinski definition) is 3. The molecule has 1 saturated carbocycles. The Labute approximate surface area is 102 Å². The Bertz CT molecular complexity index is 390. The van der Waals surface area contributed by atoms with E-state index in [1.807, 2.05) is 0 Å². The highest BCUT2D eigenvalue weighted by Gasteiger charge is 2.23. The van der Waals surface area contributed by atoms with Crippen molar-refractivity contribution in [2.45, 2.75) is 24.8 Å². The summed E-state index contributed by atoms with van der Waals surface area (Å²) in [6.45, 7) is 1.32. The molecule has 90 valence electrons. The lowest BCUT2D eigenvalue weighted by Crippen LogP contribution is -2.23. The molecule has 0 radical (unpaired) electrons. The molecule has 0 aromatic heterocycles. The Hall–Kier alpha value is -1.37. The second kappa shape index (κ2) is 5.81. The van der Waals surface area contributed by atoms with Crippen LogP contribution < -0.4 is 5.32 Å². The minimum absolute atomic E-state index is 0.238. The van der Waals surface area contributed by atoms with Crippen molar-refractivity contribution >= 4 is 0 Å². The summed E-state index contributed by atoms with van der Waals surface area (Å²) >= 11 is 0. The van der Waals surface area contributed by atoms with E-state index in [4.69, 9.17) is 10.00 Å². The fourth-order valence-electron chi connectivity index (χ4n) is 1.92.